The maximum Gasteiger partial charge on any atom is 0.224 e. The van der Waals surface area contributed by atoms with Crippen molar-refractivity contribution in [1.29, 1.82) is 0 Å². The van der Waals surface area contributed by atoms with Crippen molar-refractivity contribution in [2.75, 3.05) is 5.32 Å². The van der Waals surface area contributed by atoms with Crippen molar-refractivity contribution in [1.82, 2.24) is 0 Å². The van der Waals surface area contributed by atoms with Crippen LogP contribution in [0, 0.1) is 21.3 Å². The number of hydrogen-bond acceptors (Lipinski definition) is 1. The fourth-order valence-corrected chi connectivity index (χ4v) is 4.15. The number of carbonyl (C=O) groups is 1. The van der Waals surface area contributed by atoms with Gasteiger partial charge in [0.15, 0.2) is 0 Å². The lowest BCUT2D eigenvalue weighted by Gasteiger charge is -2.21. The van der Waals surface area contributed by atoms with E-state index in [1.807, 2.05) is 24.3 Å². The Bertz CT molecular complexity index is 460. The zero-order valence-corrected chi connectivity index (χ0v) is 12.5. The van der Waals surface area contributed by atoms with Gasteiger partial charge in [0.05, 0.1) is 5.69 Å². The van der Waals surface area contributed by atoms with Crippen LogP contribution in [0.5, 0.6) is 0 Å². The van der Waals surface area contributed by atoms with E-state index < -0.39 is 0 Å². The van der Waals surface area contributed by atoms with Gasteiger partial charge in [0.1, 0.15) is 0 Å². The second-order valence-electron chi connectivity index (χ2n) is 5.67. The van der Waals surface area contributed by atoms with Gasteiger partial charge in [-0.1, -0.05) is 18.6 Å². The largest absolute Gasteiger partial charge is 0.325 e. The summed E-state index contributed by atoms with van der Waals surface area (Å²) in [5.74, 6) is 2.59. The Morgan fingerprint density at radius 1 is 1.28 bits per heavy atom. The van der Waals surface area contributed by atoms with Gasteiger partial charge in [-0.05, 0) is 71.7 Å². The number of amides is 1. The second-order valence-corrected chi connectivity index (χ2v) is 6.83. The van der Waals surface area contributed by atoms with Crippen LogP contribution in [0.25, 0.3) is 0 Å². The normalized spacial score (nSPS) is 29.5. The topological polar surface area (TPSA) is 29.1 Å². The van der Waals surface area contributed by atoms with E-state index in [0.29, 0.717) is 12.3 Å². The summed E-state index contributed by atoms with van der Waals surface area (Å²) in [7, 11) is 0. The van der Waals surface area contributed by atoms with Crippen LogP contribution in [-0.4, -0.2) is 5.91 Å². The van der Waals surface area contributed by atoms with Gasteiger partial charge in [0, 0.05) is 9.99 Å². The quantitative estimate of drug-likeness (QED) is 0.815. The van der Waals surface area contributed by atoms with Gasteiger partial charge in [-0.2, -0.15) is 0 Å². The van der Waals surface area contributed by atoms with E-state index in [1.54, 1.807) is 0 Å². The van der Waals surface area contributed by atoms with Gasteiger partial charge in [-0.3, -0.25) is 4.79 Å². The van der Waals surface area contributed by atoms with Crippen LogP contribution in [0.3, 0.4) is 0 Å². The molecular formula is C15H18INO. The smallest absolute Gasteiger partial charge is 0.224 e. The van der Waals surface area contributed by atoms with E-state index in [9.17, 15) is 4.79 Å². The molecule has 1 amide bonds. The molecular weight excluding hydrogens is 337 g/mol. The molecule has 2 bridgehead atoms. The molecule has 2 aliphatic carbocycles. The molecule has 0 saturated heterocycles. The van der Waals surface area contributed by atoms with Crippen molar-refractivity contribution in [3.63, 3.8) is 0 Å². The molecule has 0 spiro atoms. The lowest BCUT2D eigenvalue weighted by Crippen LogP contribution is -2.20. The van der Waals surface area contributed by atoms with Crippen LogP contribution in [-0.2, 0) is 4.79 Å². The van der Waals surface area contributed by atoms with Gasteiger partial charge in [0.2, 0.25) is 5.91 Å². The van der Waals surface area contributed by atoms with Crippen LogP contribution in [0.1, 0.15) is 32.1 Å². The third kappa shape index (κ3) is 2.56. The van der Waals surface area contributed by atoms with Gasteiger partial charge >= 0.3 is 0 Å². The molecule has 0 aliphatic heterocycles. The Morgan fingerprint density at radius 3 is 2.78 bits per heavy atom. The number of benzene rings is 1. The molecule has 2 aliphatic rings. The molecule has 0 unspecified atom stereocenters. The Labute approximate surface area is 122 Å². The molecule has 2 nitrogen and oxygen atoms in total. The monoisotopic (exact) mass is 355 g/mol. The van der Waals surface area contributed by atoms with Crippen LogP contribution >= 0.6 is 22.6 Å². The standard InChI is InChI=1S/C15H18INO/c16-13-3-1-2-4-14(13)17-15(18)9-12-8-10-5-6-11(12)7-10/h1-4,10-12H,5-9H2,(H,17,18)/t10-,11+,12+/m0/s1. The first-order valence-electron chi connectivity index (χ1n) is 6.77. The molecule has 3 atom stereocenters. The van der Waals surface area contributed by atoms with Gasteiger partial charge < -0.3 is 5.32 Å². The summed E-state index contributed by atoms with van der Waals surface area (Å²) in [5, 5.41) is 3.05. The van der Waals surface area contributed by atoms with E-state index in [4.69, 9.17) is 0 Å². The van der Waals surface area contributed by atoms with Crippen molar-refractivity contribution in [2.45, 2.75) is 32.1 Å². The maximum atomic E-state index is 12.1. The first-order chi connectivity index (χ1) is 8.72. The summed E-state index contributed by atoms with van der Waals surface area (Å²) in [6.45, 7) is 0. The molecule has 3 heteroatoms. The Hall–Kier alpha value is -0.580. The Morgan fingerprint density at radius 2 is 2.11 bits per heavy atom. The summed E-state index contributed by atoms with van der Waals surface area (Å²) < 4.78 is 1.11. The number of rotatable bonds is 3. The van der Waals surface area contributed by atoms with E-state index in [2.05, 4.69) is 27.9 Å². The molecule has 96 valence electrons. The predicted molar refractivity (Wildman–Crippen MR) is 81.3 cm³/mol. The van der Waals surface area contributed by atoms with Gasteiger partial charge in [-0.25, -0.2) is 0 Å². The van der Waals surface area contributed by atoms with E-state index in [0.717, 1.165) is 21.1 Å². The average Bonchev–Trinajstić information content (AvgIpc) is 2.94. The number of carbonyl (C=O) groups excluding carboxylic acids is 1. The highest BCUT2D eigenvalue weighted by atomic mass is 127. The van der Waals surface area contributed by atoms with Crippen molar-refractivity contribution in [3.8, 4) is 0 Å². The molecule has 0 heterocycles. The molecule has 18 heavy (non-hydrogen) atoms. The summed E-state index contributed by atoms with van der Waals surface area (Å²) >= 11 is 2.26. The van der Waals surface area contributed by atoms with Crippen LogP contribution in [0.4, 0.5) is 5.69 Å². The number of hydrogen-bond donors (Lipinski definition) is 1. The number of para-hydroxylation sites is 1. The molecule has 0 aromatic heterocycles. The van der Waals surface area contributed by atoms with E-state index in [-0.39, 0.29) is 5.91 Å². The fourth-order valence-electron chi connectivity index (χ4n) is 3.63. The lowest BCUT2D eigenvalue weighted by molar-refractivity contribution is -0.117. The predicted octanol–water partition coefficient (Wildman–Crippen LogP) is 4.06. The average molecular weight is 355 g/mol. The minimum atomic E-state index is 0.191. The highest BCUT2D eigenvalue weighted by molar-refractivity contribution is 14.1. The fraction of sp³-hybridized carbons (Fsp3) is 0.533. The van der Waals surface area contributed by atoms with Gasteiger partial charge in [-0.15, -0.1) is 0 Å². The van der Waals surface area contributed by atoms with Crippen LogP contribution < -0.4 is 5.32 Å². The molecule has 3 rings (SSSR count). The molecule has 1 N–H and O–H groups in total. The summed E-state index contributed by atoms with van der Waals surface area (Å²) in [6.07, 6.45) is 6.13. The molecule has 2 saturated carbocycles. The summed E-state index contributed by atoms with van der Waals surface area (Å²) in [5.41, 5.74) is 0.950. The highest BCUT2D eigenvalue weighted by Gasteiger charge is 2.40. The molecule has 1 aromatic rings. The van der Waals surface area contributed by atoms with E-state index in [1.165, 1.54) is 25.7 Å². The van der Waals surface area contributed by atoms with Crippen LogP contribution in [0.2, 0.25) is 0 Å². The number of anilines is 1. The maximum absolute atomic E-state index is 12.1. The van der Waals surface area contributed by atoms with Crippen LogP contribution in [0.15, 0.2) is 24.3 Å². The minimum absolute atomic E-state index is 0.191. The number of halogens is 1. The Kier molecular flexibility index (Phi) is 3.59. The second kappa shape index (κ2) is 5.19. The lowest BCUT2D eigenvalue weighted by atomic mass is 9.86. The molecule has 0 radical (unpaired) electrons. The van der Waals surface area contributed by atoms with Crippen molar-refractivity contribution >= 4 is 34.2 Å². The third-order valence-electron chi connectivity index (χ3n) is 4.48. The van der Waals surface area contributed by atoms with E-state index >= 15 is 0 Å². The SMILES string of the molecule is O=C(C[C@H]1C[C@H]2CC[C@@H]1C2)Nc1ccccc1I. The highest BCUT2D eigenvalue weighted by Crippen LogP contribution is 2.49. The Balaban J connectivity index is 1.58. The first kappa shape index (κ1) is 12.5. The zero-order valence-electron chi connectivity index (χ0n) is 10.4. The summed E-state index contributed by atoms with van der Waals surface area (Å²) in [6, 6.07) is 7.96. The zero-order chi connectivity index (χ0) is 12.5. The van der Waals surface area contributed by atoms with Crippen molar-refractivity contribution < 1.29 is 4.79 Å². The molecule has 1 aromatic carbocycles. The third-order valence-corrected chi connectivity index (χ3v) is 5.42. The summed E-state index contributed by atoms with van der Waals surface area (Å²) in [4.78, 5) is 12.1. The minimum Gasteiger partial charge on any atom is -0.325 e. The number of fused-ring (bicyclic) bond motifs is 2. The number of nitrogens with one attached hydrogen (secondary N) is 1. The van der Waals surface area contributed by atoms with Gasteiger partial charge in [0.25, 0.3) is 0 Å². The molecule has 2 fully saturated rings. The van der Waals surface area contributed by atoms with Crippen molar-refractivity contribution in [3.05, 3.63) is 27.8 Å². The first-order valence-corrected chi connectivity index (χ1v) is 7.84. The van der Waals surface area contributed by atoms with Crippen molar-refractivity contribution in [2.24, 2.45) is 17.8 Å².